The predicted octanol–water partition coefficient (Wildman–Crippen LogP) is 3.31. The summed E-state index contributed by atoms with van der Waals surface area (Å²) in [6, 6.07) is 13.4. The van der Waals surface area contributed by atoms with Crippen molar-refractivity contribution in [2.75, 3.05) is 14.2 Å². The lowest BCUT2D eigenvalue weighted by Gasteiger charge is -2.13. The number of thioether (sulfide) groups is 1. The van der Waals surface area contributed by atoms with Crippen molar-refractivity contribution in [1.82, 2.24) is 19.1 Å². The van der Waals surface area contributed by atoms with E-state index in [1.54, 1.807) is 33.4 Å². The molecular formula is C24H24N4O4S. The highest BCUT2D eigenvalue weighted by Crippen LogP contribution is 2.33. The number of hydrogen-bond donors (Lipinski definition) is 0. The first-order valence-corrected chi connectivity index (χ1v) is 11.2. The zero-order valence-electron chi connectivity index (χ0n) is 19.1. The third kappa shape index (κ3) is 4.11. The Bertz CT molecular complexity index is 1480. The number of nitrogens with zero attached hydrogens (tertiary/aromatic N) is 4. The number of fused-ring (bicyclic) bond motifs is 1. The number of hydrogen-bond acceptors (Lipinski definition) is 7. The molecule has 0 amide bonds. The fourth-order valence-corrected chi connectivity index (χ4v) is 4.65. The Morgan fingerprint density at radius 3 is 2.36 bits per heavy atom. The van der Waals surface area contributed by atoms with Crippen molar-refractivity contribution in [3.05, 3.63) is 74.4 Å². The first kappa shape index (κ1) is 22.6. The average molecular weight is 465 g/mol. The van der Waals surface area contributed by atoms with Gasteiger partial charge in [0.2, 0.25) is 0 Å². The molecule has 0 aliphatic rings. The van der Waals surface area contributed by atoms with Crippen LogP contribution in [0.15, 0.2) is 57.1 Å². The molecule has 2 aromatic carbocycles. The van der Waals surface area contributed by atoms with Crippen molar-refractivity contribution in [3.8, 4) is 22.9 Å². The Balaban J connectivity index is 1.94. The normalized spacial score (nSPS) is 11.1. The zero-order valence-corrected chi connectivity index (χ0v) is 19.9. The van der Waals surface area contributed by atoms with Crippen LogP contribution in [0.1, 0.15) is 11.1 Å². The molecule has 33 heavy (non-hydrogen) atoms. The highest BCUT2D eigenvalue weighted by Gasteiger charge is 2.19. The van der Waals surface area contributed by atoms with Gasteiger partial charge in [0, 0.05) is 25.4 Å². The van der Waals surface area contributed by atoms with E-state index >= 15 is 0 Å². The highest BCUT2D eigenvalue weighted by atomic mass is 32.2. The van der Waals surface area contributed by atoms with Crippen LogP contribution < -0.4 is 20.7 Å². The van der Waals surface area contributed by atoms with Crippen LogP contribution in [0, 0.1) is 6.92 Å². The first-order chi connectivity index (χ1) is 15.8. The first-order valence-electron chi connectivity index (χ1n) is 10.2. The summed E-state index contributed by atoms with van der Waals surface area (Å²) in [5.41, 5.74) is 2.40. The number of benzene rings is 2. The molecule has 0 aliphatic carbocycles. The molecule has 0 radical (unpaired) electrons. The van der Waals surface area contributed by atoms with Crippen LogP contribution in [0.3, 0.4) is 0 Å². The molecule has 4 rings (SSSR count). The van der Waals surface area contributed by atoms with E-state index < -0.39 is 11.2 Å². The third-order valence-electron chi connectivity index (χ3n) is 5.53. The fraction of sp³-hybridized carbons (Fsp3) is 0.250. The monoisotopic (exact) mass is 464 g/mol. The van der Waals surface area contributed by atoms with E-state index in [1.807, 2.05) is 31.2 Å². The summed E-state index contributed by atoms with van der Waals surface area (Å²) >= 11 is 1.45. The van der Waals surface area contributed by atoms with Gasteiger partial charge in [0.15, 0.2) is 23.0 Å². The minimum Gasteiger partial charge on any atom is -0.493 e. The summed E-state index contributed by atoms with van der Waals surface area (Å²) in [6.45, 7) is 2.05. The molecule has 0 saturated heterocycles. The molecule has 0 atom stereocenters. The topological polar surface area (TPSA) is 88.2 Å². The quantitative estimate of drug-likeness (QED) is 0.320. The predicted molar refractivity (Wildman–Crippen MR) is 129 cm³/mol. The van der Waals surface area contributed by atoms with Crippen LogP contribution in [0.25, 0.3) is 22.4 Å². The van der Waals surface area contributed by atoms with Crippen molar-refractivity contribution >= 4 is 22.8 Å². The van der Waals surface area contributed by atoms with Crippen molar-refractivity contribution in [2.24, 2.45) is 14.1 Å². The van der Waals surface area contributed by atoms with E-state index in [-0.39, 0.29) is 5.65 Å². The largest absolute Gasteiger partial charge is 0.493 e. The lowest BCUT2D eigenvalue weighted by molar-refractivity contribution is 0.355. The highest BCUT2D eigenvalue weighted by molar-refractivity contribution is 7.98. The molecular weight excluding hydrogens is 440 g/mol. The summed E-state index contributed by atoms with van der Waals surface area (Å²) in [6.07, 6.45) is 0. The van der Waals surface area contributed by atoms with E-state index in [0.717, 1.165) is 15.7 Å². The number of methoxy groups -OCH3 is 2. The lowest BCUT2D eigenvalue weighted by atomic mass is 10.1. The molecule has 9 heteroatoms. The van der Waals surface area contributed by atoms with Crippen molar-refractivity contribution in [1.29, 1.82) is 0 Å². The van der Waals surface area contributed by atoms with Crippen LogP contribution in [0.2, 0.25) is 0 Å². The lowest BCUT2D eigenvalue weighted by Crippen LogP contribution is -2.37. The Morgan fingerprint density at radius 1 is 0.939 bits per heavy atom. The summed E-state index contributed by atoms with van der Waals surface area (Å²) in [4.78, 5) is 35.0. The molecule has 0 N–H and O–H groups in total. The van der Waals surface area contributed by atoms with Gasteiger partial charge in [0.1, 0.15) is 10.4 Å². The van der Waals surface area contributed by atoms with E-state index in [4.69, 9.17) is 14.5 Å². The molecule has 0 saturated carbocycles. The molecule has 0 spiro atoms. The van der Waals surface area contributed by atoms with Gasteiger partial charge in [-0.25, -0.2) is 14.8 Å². The minimum absolute atomic E-state index is 0.287. The molecule has 0 bridgehead atoms. The van der Waals surface area contributed by atoms with E-state index in [1.165, 1.54) is 23.4 Å². The van der Waals surface area contributed by atoms with Gasteiger partial charge in [-0.05, 0) is 36.2 Å². The molecule has 170 valence electrons. The minimum atomic E-state index is -0.445. The maximum absolute atomic E-state index is 13.1. The molecule has 2 aromatic heterocycles. The van der Waals surface area contributed by atoms with Crippen LogP contribution in [0.5, 0.6) is 11.5 Å². The van der Waals surface area contributed by atoms with Gasteiger partial charge in [0.25, 0.3) is 5.56 Å². The Morgan fingerprint density at radius 2 is 1.67 bits per heavy atom. The standard InChI is InChI=1S/C24H24N4O4S/c1-14-8-6-7-9-16(14)13-33-22-19-21(27(2)24(30)28(3)23(19)29)25-20(26-22)15-10-11-17(31-4)18(12-15)32-5/h6-12H,13H2,1-5H3. The van der Waals surface area contributed by atoms with Crippen LogP contribution in [-0.4, -0.2) is 33.3 Å². The molecule has 2 heterocycles. The number of aryl methyl sites for hydroxylation is 2. The van der Waals surface area contributed by atoms with Gasteiger partial charge >= 0.3 is 5.69 Å². The van der Waals surface area contributed by atoms with Crippen LogP contribution in [0.4, 0.5) is 0 Å². The third-order valence-corrected chi connectivity index (χ3v) is 6.56. The van der Waals surface area contributed by atoms with Crippen molar-refractivity contribution in [2.45, 2.75) is 17.7 Å². The molecule has 0 aliphatic heterocycles. The maximum Gasteiger partial charge on any atom is 0.332 e. The summed E-state index contributed by atoms with van der Waals surface area (Å²) in [5, 5.41) is 0.839. The van der Waals surface area contributed by atoms with E-state index in [9.17, 15) is 9.59 Å². The number of ether oxygens (including phenoxy) is 2. The zero-order chi connectivity index (χ0) is 23.7. The Kier molecular flexibility index (Phi) is 6.24. The Hall–Kier alpha value is -3.59. The molecule has 4 aromatic rings. The van der Waals surface area contributed by atoms with Crippen LogP contribution >= 0.6 is 11.8 Å². The maximum atomic E-state index is 13.1. The van der Waals surface area contributed by atoms with Gasteiger partial charge in [0.05, 0.1) is 14.2 Å². The van der Waals surface area contributed by atoms with Gasteiger partial charge in [-0.1, -0.05) is 24.3 Å². The second-order valence-corrected chi connectivity index (χ2v) is 8.51. The molecule has 8 nitrogen and oxygen atoms in total. The molecule has 0 unspecified atom stereocenters. The fourth-order valence-electron chi connectivity index (χ4n) is 3.56. The molecule has 0 fully saturated rings. The van der Waals surface area contributed by atoms with Gasteiger partial charge < -0.3 is 9.47 Å². The number of rotatable bonds is 6. The van der Waals surface area contributed by atoms with Crippen molar-refractivity contribution < 1.29 is 9.47 Å². The average Bonchev–Trinajstić information content (AvgIpc) is 2.84. The summed E-state index contributed by atoms with van der Waals surface area (Å²) in [5.74, 6) is 2.12. The van der Waals surface area contributed by atoms with Gasteiger partial charge in [-0.3, -0.25) is 13.9 Å². The van der Waals surface area contributed by atoms with E-state index in [0.29, 0.717) is 39.1 Å². The summed E-state index contributed by atoms with van der Waals surface area (Å²) < 4.78 is 13.2. The number of aromatic nitrogens is 4. The van der Waals surface area contributed by atoms with Gasteiger partial charge in [-0.15, -0.1) is 11.8 Å². The van der Waals surface area contributed by atoms with E-state index in [2.05, 4.69) is 11.1 Å². The van der Waals surface area contributed by atoms with Crippen molar-refractivity contribution in [3.63, 3.8) is 0 Å². The van der Waals surface area contributed by atoms with Gasteiger partial charge in [-0.2, -0.15) is 0 Å². The van der Waals surface area contributed by atoms with Crippen LogP contribution in [-0.2, 0) is 19.8 Å². The Labute approximate surface area is 194 Å². The second kappa shape index (κ2) is 9.11. The SMILES string of the molecule is COc1ccc(-c2nc(SCc3ccccc3C)c3c(=O)n(C)c(=O)n(C)c3n2)cc1OC. The summed E-state index contributed by atoms with van der Waals surface area (Å²) in [7, 11) is 6.18. The second-order valence-electron chi connectivity index (χ2n) is 7.54. The smallest absolute Gasteiger partial charge is 0.332 e.